The van der Waals surface area contributed by atoms with Crippen LogP contribution in [0.1, 0.15) is 11.1 Å². The molecule has 3 nitrogen and oxygen atoms in total. The first-order valence-corrected chi connectivity index (χ1v) is 6.96. The molecule has 0 saturated heterocycles. The van der Waals surface area contributed by atoms with E-state index in [0.717, 1.165) is 28.8 Å². The molecule has 0 aliphatic heterocycles. The van der Waals surface area contributed by atoms with Crippen molar-refractivity contribution < 1.29 is 4.74 Å². The van der Waals surface area contributed by atoms with Gasteiger partial charge in [0.05, 0.1) is 12.1 Å². The molecule has 104 valence electrons. The fourth-order valence-corrected chi connectivity index (χ4v) is 2.49. The Morgan fingerprint density at radius 1 is 1.10 bits per heavy atom. The second-order valence-electron chi connectivity index (χ2n) is 4.98. The van der Waals surface area contributed by atoms with Crippen molar-refractivity contribution in [1.82, 2.24) is 4.57 Å². The lowest BCUT2D eigenvalue weighted by molar-refractivity contribution is 0.298. The van der Waals surface area contributed by atoms with E-state index in [4.69, 9.17) is 4.74 Å². The number of nitrogens with zero attached hydrogens (tertiary/aromatic N) is 2. The van der Waals surface area contributed by atoms with Gasteiger partial charge in [-0.3, -0.25) is 0 Å². The zero-order chi connectivity index (χ0) is 14.7. The molecular formula is C18H16N2O. The van der Waals surface area contributed by atoms with E-state index in [1.807, 2.05) is 61.7 Å². The van der Waals surface area contributed by atoms with Crippen LogP contribution in [0.15, 0.2) is 54.7 Å². The quantitative estimate of drug-likeness (QED) is 0.724. The third kappa shape index (κ3) is 2.61. The Balaban J connectivity index is 1.77. The molecule has 3 rings (SSSR count). The van der Waals surface area contributed by atoms with Gasteiger partial charge in [0.2, 0.25) is 0 Å². The van der Waals surface area contributed by atoms with Crippen molar-refractivity contribution in [1.29, 1.82) is 5.26 Å². The Hall–Kier alpha value is -2.73. The lowest BCUT2D eigenvalue weighted by Gasteiger charge is -2.10. The summed E-state index contributed by atoms with van der Waals surface area (Å²) in [5.41, 5.74) is 2.91. The van der Waals surface area contributed by atoms with Crippen LogP contribution in [0.25, 0.3) is 10.9 Å². The predicted molar refractivity (Wildman–Crippen MR) is 83.3 cm³/mol. The fourth-order valence-electron chi connectivity index (χ4n) is 2.49. The number of nitriles is 1. The molecule has 0 saturated carbocycles. The molecule has 3 heteroatoms. The fraction of sp³-hybridized carbons (Fsp3) is 0.167. The number of hydrogen-bond donors (Lipinski definition) is 0. The molecule has 0 aliphatic carbocycles. The molecule has 0 amide bonds. The molecule has 0 aliphatic rings. The van der Waals surface area contributed by atoms with Gasteiger partial charge in [-0.1, -0.05) is 36.4 Å². The Morgan fingerprint density at radius 3 is 2.67 bits per heavy atom. The average molecular weight is 276 g/mol. The molecule has 1 heterocycles. The SMILES string of the molecule is Cc1ccccc1OCCn1cc(C#N)c2ccccc21. The number of aryl methyl sites for hydroxylation is 1. The summed E-state index contributed by atoms with van der Waals surface area (Å²) in [5, 5.41) is 10.2. The molecule has 0 bridgehead atoms. The maximum atomic E-state index is 9.19. The smallest absolute Gasteiger partial charge is 0.122 e. The van der Waals surface area contributed by atoms with Crippen molar-refractivity contribution in [3.05, 3.63) is 65.9 Å². The Kier molecular flexibility index (Phi) is 3.61. The minimum atomic E-state index is 0.578. The van der Waals surface area contributed by atoms with Crippen LogP contribution in [0.5, 0.6) is 5.75 Å². The highest BCUT2D eigenvalue weighted by atomic mass is 16.5. The molecule has 21 heavy (non-hydrogen) atoms. The highest BCUT2D eigenvalue weighted by Gasteiger charge is 2.07. The van der Waals surface area contributed by atoms with Crippen molar-refractivity contribution in [3.8, 4) is 11.8 Å². The molecule has 0 unspecified atom stereocenters. The van der Waals surface area contributed by atoms with Crippen LogP contribution in [0, 0.1) is 18.3 Å². The van der Waals surface area contributed by atoms with Gasteiger partial charge in [0.25, 0.3) is 0 Å². The maximum Gasteiger partial charge on any atom is 0.122 e. The highest BCUT2D eigenvalue weighted by Crippen LogP contribution is 2.21. The first kappa shape index (κ1) is 13.3. The minimum Gasteiger partial charge on any atom is -0.491 e. The van der Waals surface area contributed by atoms with Crippen molar-refractivity contribution in [3.63, 3.8) is 0 Å². The van der Waals surface area contributed by atoms with Crippen LogP contribution in [0.4, 0.5) is 0 Å². The van der Waals surface area contributed by atoms with Crippen molar-refractivity contribution in [2.24, 2.45) is 0 Å². The molecule has 3 aromatic rings. The maximum absolute atomic E-state index is 9.19. The number of aromatic nitrogens is 1. The van der Waals surface area contributed by atoms with Crippen LogP contribution < -0.4 is 4.74 Å². The monoisotopic (exact) mass is 276 g/mol. The lowest BCUT2D eigenvalue weighted by atomic mass is 10.2. The van der Waals surface area contributed by atoms with E-state index in [1.54, 1.807) is 0 Å². The van der Waals surface area contributed by atoms with Crippen LogP contribution in [0.2, 0.25) is 0 Å². The van der Waals surface area contributed by atoms with E-state index in [0.29, 0.717) is 12.2 Å². The van der Waals surface area contributed by atoms with Gasteiger partial charge in [0, 0.05) is 17.1 Å². The molecule has 2 aromatic carbocycles. The van der Waals surface area contributed by atoms with E-state index in [2.05, 4.69) is 10.6 Å². The number of fused-ring (bicyclic) bond motifs is 1. The number of benzene rings is 2. The van der Waals surface area contributed by atoms with Gasteiger partial charge < -0.3 is 9.30 Å². The standard InChI is InChI=1S/C18H16N2O/c1-14-6-2-5-9-18(14)21-11-10-20-13-15(12-19)16-7-3-4-8-17(16)20/h2-9,13H,10-11H2,1H3. The van der Waals surface area contributed by atoms with Crippen LogP contribution in [-0.2, 0) is 6.54 Å². The van der Waals surface area contributed by atoms with E-state index in [1.165, 1.54) is 0 Å². The van der Waals surface area contributed by atoms with Crippen LogP contribution in [-0.4, -0.2) is 11.2 Å². The highest BCUT2D eigenvalue weighted by molar-refractivity contribution is 5.86. The molecule has 0 spiro atoms. The summed E-state index contributed by atoms with van der Waals surface area (Å²) in [5.74, 6) is 0.912. The zero-order valence-corrected chi connectivity index (χ0v) is 11.9. The second-order valence-corrected chi connectivity index (χ2v) is 4.98. The van der Waals surface area contributed by atoms with Crippen LogP contribution >= 0.6 is 0 Å². The van der Waals surface area contributed by atoms with Crippen molar-refractivity contribution in [2.45, 2.75) is 13.5 Å². The summed E-state index contributed by atoms with van der Waals surface area (Å²) in [7, 11) is 0. The Bertz CT molecular complexity index is 811. The van der Waals surface area contributed by atoms with Gasteiger partial charge in [-0.2, -0.15) is 5.26 Å². The van der Waals surface area contributed by atoms with Gasteiger partial charge in [-0.25, -0.2) is 0 Å². The number of para-hydroxylation sites is 2. The average Bonchev–Trinajstić information content (AvgIpc) is 2.88. The minimum absolute atomic E-state index is 0.578. The van der Waals surface area contributed by atoms with Gasteiger partial charge in [0.1, 0.15) is 18.4 Å². The van der Waals surface area contributed by atoms with E-state index in [-0.39, 0.29) is 0 Å². The van der Waals surface area contributed by atoms with E-state index in [9.17, 15) is 5.26 Å². The Labute approximate surface area is 124 Å². The summed E-state index contributed by atoms with van der Waals surface area (Å²) in [6.07, 6.45) is 1.89. The van der Waals surface area contributed by atoms with Crippen LogP contribution in [0.3, 0.4) is 0 Å². The summed E-state index contributed by atoms with van der Waals surface area (Å²) in [6.45, 7) is 3.33. The number of hydrogen-bond acceptors (Lipinski definition) is 2. The summed E-state index contributed by atoms with van der Waals surface area (Å²) in [6, 6.07) is 18.2. The topological polar surface area (TPSA) is 38.0 Å². The molecule has 1 aromatic heterocycles. The third-order valence-electron chi connectivity index (χ3n) is 3.59. The molecule has 0 radical (unpaired) electrons. The summed E-state index contributed by atoms with van der Waals surface area (Å²) < 4.78 is 7.90. The zero-order valence-electron chi connectivity index (χ0n) is 11.9. The lowest BCUT2D eigenvalue weighted by Crippen LogP contribution is -2.07. The van der Waals surface area contributed by atoms with Gasteiger partial charge in [0.15, 0.2) is 0 Å². The first-order valence-electron chi connectivity index (χ1n) is 6.96. The summed E-state index contributed by atoms with van der Waals surface area (Å²) in [4.78, 5) is 0. The molecule has 0 atom stereocenters. The van der Waals surface area contributed by atoms with Gasteiger partial charge in [-0.05, 0) is 24.6 Å². The summed E-state index contributed by atoms with van der Waals surface area (Å²) >= 11 is 0. The van der Waals surface area contributed by atoms with E-state index < -0.39 is 0 Å². The molecule has 0 fully saturated rings. The number of rotatable bonds is 4. The third-order valence-corrected chi connectivity index (χ3v) is 3.59. The number of ether oxygens (including phenoxy) is 1. The normalized spacial score (nSPS) is 10.5. The van der Waals surface area contributed by atoms with Gasteiger partial charge >= 0.3 is 0 Å². The first-order chi connectivity index (χ1) is 10.3. The van der Waals surface area contributed by atoms with Crippen molar-refractivity contribution >= 4 is 10.9 Å². The Morgan fingerprint density at radius 2 is 1.86 bits per heavy atom. The second kappa shape index (κ2) is 5.72. The van der Waals surface area contributed by atoms with Gasteiger partial charge in [-0.15, -0.1) is 0 Å². The largest absolute Gasteiger partial charge is 0.491 e. The molecular weight excluding hydrogens is 260 g/mol. The van der Waals surface area contributed by atoms with Crippen molar-refractivity contribution in [2.75, 3.05) is 6.61 Å². The van der Waals surface area contributed by atoms with E-state index >= 15 is 0 Å². The molecule has 0 N–H and O–H groups in total. The predicted octanol–water partition coefficient (Wildman–Crippen LogP) is 3.90.